The molecule has 1 rings (SSSR count). The highest BCUT2D eigenvalue weighted by atomic mass is 16.5. The van der Waals surface area contributed by atoms with Crippen LogP contribution in [0.5, 0.6) is 0 Å². The van der Waals surface area contributed by atoms with E-state index < -0.39 is 0 Å². The zero-order chi connectivity index (χ0) is 7.94. The Labute approximate surface area is 68.3 Å². The maximum Gasteiger partial charge on any atom is 0.0620 e. The van der Waals surface area contributed by atoms with Gasteiger partial charge in [-0.15, -0.1) is 0 Å². The molecule has 1 unspecified atom stereocenters. The lowest BCUT2D eigenvalue weighted by Crippen LogP contribution is -2.30. The van der Waals surface area contributed by atoms with Crippen LogP contribution in [0.25, 0.3) is 0 Å². The molecule has 0 bridgehead atoms. The van der Waals surface area contributed by atoms with E-state index in [1.807, 2.05) is 0 Å². The number of nitrogens with two attached hydrogens (primary N) is 1. The average Bonchev–Trinajstić information content (AvgIpc) is 2.50. The summed E-state index contributed by atoms with van der Waals surface area (Å²) in [5.41, 5.74) is 5.37. The molecule has 1 fully saturated rings. The van der Waals surface area contributed by atoms with E-state index in [-0.39, 0.29) is 0 Å². The van der Waals surface area contributed by atoms with Crippen molar-refractivity contribution in [2.45, 2.75) is 25.3 Å². The monoisotopic (exact) mass is 158 g/mol. The van der Waals surface area contributed by atoms with Gasteiger partial charge in [0.25, 0.3) is 0 Å². The van der Waals surface area contributed by atoms with E-state index >= 15 is 0 Å². The molecule has 1 atom stereocenters. The molecule has 66 valence electrons. The highest BCUT2D eigenvalue weighted by Gasteiger charge is 2.13. The second-order valence-corrected chi connectivity index (χ2v) is 3.01. The van der Waals surface area contributed by atoms with Crippen molar-refractivity contribution in [3.05, 3.63) is 0 Å². The summed E-state index contributed by atoms with van der Waals surface area (Å²) in [6.45, 7) is 3.71. The highest BCUT2D eigenvalue weighted by molar-refractivity contribution is 4.70. The van der Waals surface area contributed by atoms with Gasteiger partial charge >= 0.3 is 0 Å². The molecule has 0 amide bonds. The average molecular weight is 158 g/mol. The summed E-state index contributed by atoms with van der Waals surface area (Å²) in [7, 11) is 0. The third-order valence-corrected chi connectivity index (χ3v) is 1.99. The van der Waals surface area contributed by atoms with Crippen molar-refractivity contribution in [3.8, 4) is 0 Å². The summed E-state index contributed by atoms with van der Waals surface area (Å²) in [6.07, 6.45) is 3.48. The number of unbranched alkanes of at least 4 members (excludes halogenated alkanes) is 1. The van der Waals surface area contributed by atoms with Crippen LogP contribution in [0, 0.1) is 0 Å². The van der Waals surface area contributed by atoms with Crippen LogP contribution in [-0.2, 0) is 4.74 Å². The predicted molar refractivity (Wildman–Crippen MR) is 45.5 cm³/mol. The van der Waals surface area contributed by atoms with Crippen LogP contribution in [0.1, 0.15) is 19.3 Å². The summed E-state index contributed by atoms with van der Waals surface area (Å²) >= 11 is 0. The van der Waals surface area contributed by atoms with E-state index in [0.717, 1.165) is 32.7 Å². The van der Waals surface area contributed by atoms with Crippen LogP contribution in [0.15, 0.2) is 0 Å². The molecular formula is C8H18N2O. The van der Waals surface area contributed by atoms with Crippen LogP contribution in [0.4, 0.5) is 0 Å². The number of nitrogens with one attached hydrogen (secondary N) is 1. The molecule has 0 saturated carbocycles. The topological polar surface area (TPSA) is 47.3 Å². The van der Waals surface area contributed by atoms with Gasteiger partial charge in [0.2, 0.25) is 0 Å². The molecule has 0 aliphatic carbocycles. The predicted octanol–water partition coefficient (Wildman–Crippen LogP) is 0.104. The minimum Gasteiger partial charge on any atom is -0.380 e. The Balaban J connectivity index is 1.86. The highest BCUT2D eigenvalue weighted by Crippen LogP contribution is 2.02. The zero-order valence-corrected chi connectivity index (χ0v) is 7.01. The normalized spacial score (nSPS) is 24.3. The first kappa shape index (κ1) is 8.97. The first-order valence-corrected chi connectivity index (χ1v) is 4.44. The van der Waals surface area contributed by atoms with Gasteiger partial charge in [0.1, 0.15) is 0 Å². The van der Waals surface area contributed by atoms with Crippen molar-refractivity contribution in [2.75, 3.05) is 26.3 Å². The molecule has 3 N–H and O–H groups in total. The second kappa shape index (κ2) is 5.52. The van der Waals surface area contributed by atoms with Gasteiger partial charge in [0.05, 0.1) is 6.61 Å². The van der Waals surface area contributed by atoms with Crippen LogP contribution in [0.2, 0.25) is 0 Å². The van der Waals surface area contributed by atoms with Crippen LogP contribution < -0.4 is 11.1 Å². The third kappa shape index (κ3) is 3.70. The van der Waals surface area contributed by atoms with Crippen molar-refractivity contribution in [3.63, 3.8) is 0 Å². The molecule has 0 aromatic heterocycles. The largest absolute Gasteiger partial charge is 0.380 e. The lowest BCUT2D eigenvalue weighted by molar-refractivity contribution is 0.190. The summed E-state index contributed by atoms with van der Waals surface area (Å²) in [4.78, 5) is 0. The molecule has 0 radical (unpaired) electrons. The Hall–Kier alpha value is -0.120. The Kier molecular flexibility index (Phi) is 4.50. The van der Waals surface area contributed by atoms with Gasteiger partial charge in [-0.3, -0.25) is 0 Å². The molecule has 1 heterocycles. The van der Waals surface area contributed by atoms with Gasteiger partial charge in [-0.1, -0.05) is 0 Å². The second-order valence-electron chi connectivity index (χ2n) is 3.01. The molecule has 1 saturated heterocycles. The molecule has 11 heavy (non-hydrogen) atoms. The van der Waals surface area contributed by atoms with E-state index in [0.29, 0.717) is 6.04 Å². The van der Waals surface area contributed by atoms with Gasteiger partial charge in [-0.25, -0.2) is 0 Å². The zero-order valence-electron chi connectivity index (χ0n) is 7.01. The van der Waals surface area contributed by atoms with E-state index in [4.69, 9.17) is 10.5 Å². The Bertz CT molecular complexity index is 92.1. The molecular weight excluding hydrogens is 140 g/mol. The standard InChI is InChI=1S/C8H18N2O/c9-4-1-2-5-10-8-3-6-11-7-8/h8,10H,1-7,9H2. The van der Waals surface area contributed by atoms with E-state index in [2.05, 4.69) is 5.32 Å². The smallest absolute Gasteiger partial charge is 0.0620 e. The van der Waals surface area contributed by atoms with Crippen molar-refractivity contribution >= 4 is 0 Å². The number of hydrogen-bond acceptors (Lipinski definition) is 3. The number of hydrogen-bond donors (Lipinski definition) is 2. The summed E-state index contributed by atoms with van der Waals surface area (Å²) in [5.74, 6) is 0. The lowest BCUT2D eigenvalue weighted by atomic mass is 10.2. The molecule has 0 aromatic rings. The fourth-order valence-electron chi connectivity index (χ4n) is 1.27. The lowest BCUT2D eigenvalue weighted by Gasteiger charge is -2.08. The maximum atomic E-state index is 5.37. The maximum absolute atomic E-state index is 5.37. The van der Waals surface area contributed by atoms with Gasteiger partial charge in [0.15, 0.2) is 0 Å². The van der Waals surface area contributed by atoms with Gasteiger partial charge in [-0.2, -0.15) is 0 Å². The third-order valence-electron chi connectivity index (χ3n) is 1.99. The first-order valence-electron chi connectivity index (χ1n) is 4.44. The van der Waals surface area contributed by atoms with Crippen LogP contribution >= 0.6 is 0 Å². The Morgan fingerprint density at radius 1 is 1.45 bits per heavy atom. The Morgan fingerprint density at radius 3 is 3.00 bits per heavy atom. The van der Waals surface area contributed by atoms with Gasteiger partial charge in [-0.05, 0) is 32.4 Å². The number of rotatable bonds is 5. The van der Waals surface area contributed by atoms with Crippen molar-refractivity contribution in [1.29, 1.82) is 0 Å². The SMILES string of the molecule is NCCCCNC1CCOC1. The Morgan fingerprint density at radius 2 is 2.36 bits per heavy atom. The van der Waals surface area contributed by atoms with E-state index in [1.165, 1.54) is 12.8 Å². The number of ether oxygens (including phenoxy) is 1. The summed E-state index contributed by atoms with van der Waals surface area (Å²) < 4.78 is 5.23. The van der Waals surface area contributed by atoms with Crippen molar-refractivity contribution < 1.29 is 4.74 Å². The quantitative estimate of drug-likeness (QED) is 0.558. The van der Waals surface area contributed by atoms with Crippen molar-refractivity contribution in [2.24, 2.45) is 5.73 Å². The fraction of sp³-hybridized carbons (Fsp3) is 1.00. The van der Waals surface area contributed by atoms with Crippen LogP contribution in [-0.4, -0.2) is 32.3 Å². The molecule has 1 aliphatic rings. The van der Waals surface area contributed by atoms with Crippen molar-refractivity contribution in [1.82, 2.24) is 5.32 Å². The van der Waals surface area contributed by atoms with Crippen LogP contribution in [0.3, 0.4) is 0 Å². The molecule has 3 heteroatoms. The summed E-state index contributed by atoms with van der Waals surface area (Å²) in [6, 6.07) is 0.604. The molecule has 3 nitrogen and oxygen atoms in total. The van der Waals surface area contributed by atoms with E-state index in [9.17, 15) is 0 Å². The minimum absolute atomic E-state index is 0.604. The fourth-order valence-corrected chi connectivity index (χ4v) is 1.27. The molecule has 0 aromatic carbocycles. The van der Waals surface area contributed by atoms with Gasteiger partial charge in [0, 0.05) is 12.6 Å². The van der Waals surface area contributed by atoms with Gasteiger partial charge < -0.3 is 15.8 Å². The first-order chi connectivity index (χ1) is 5.43. The molecule has 1 aliphatic heterocycles. The summed E-state index contributed by atoms with van der Waals surface area (Å²) in [5, 5.41) is 3.44. The minimum atomic E-state index is 0.604. The van der Waals surface area contributed by atoms with E-state index in [1.54, 1.807) is 0 Å². The molecule has 0 spiro atoms.